The number of anilines is 2. The molecule has 0 bridgehead atoms. The van der Waals surface area contributed by atoms with Gasteiger partial charge in [0.1, 0.15) is 0 Å². The van der Waals surface area contributed by atoms with Crippen LogP contribution in [0.2, 0.25) is 5.02 Å². The molecular formula is C15H22ClN3O2. The number of piperidine rings is 1. The number of nitrogen functional groups attached to an aromatic ring is 1. The molecule has 1 amide bonds. The number of carbonyl (C=O) groups is 1. The Morgan fingerprint density at radius 2 is 2.38 bits per heavy atom. The van der Waals surface area contributed by atoms with E-state index >= 15 is 0 Å². The molecule has 0 aromatic heterocycles. The summed E-state index contributed by atoms with van der Waals surface area (Å²) >= 11 is 5.91. The van der Waals surface area contributed by atoms with Crippen LogP contribution in [0, 0.1) is 5.92 Å². The molecule has 2 rings (SSSR count). The van der Waals surface area contributed by atoms with E-state index in [1.54, 1.807) is 25.3 Å². The lowest BCUT2D eigenvalue weighted by molar-refractivity contribution is -0.117. The van der Waals surface area contributed by atoms with Gasteiger partial charge in [-0.2, -0.15) is 0 Å². The second kappa shape index (κ2) is 7.64. The summed E-state index contributed by atoms with van der Waals surface area (Å²) in [4.78, 5) is 14.3. The highest BCUT2D eigenvalue weighted by atomic mass is 35.5. The molecule has 0 radical (unpaired) electrons. The van der Waals surface area contributed by atoms with Crippen molar-refractivity contribution in [1.29, 1.82) is 0 Å². The summed E-state index contributed by atoms with van der Waals surface area (Å²) in [7, 11) is 1.72. The number of halogens is 1. The van der Waals surface area contributed by atoms with Crippen molar-refractivity contribution in [3.8, 4) is 0 Å². The van der Waals surface area contributed by atoms with Gasteiger partial charge in [-0.1, -0.05) is 11.6 Å². The van der Waals surface area contributed by atoms with Gasteiger partial charge in [0.05, 0.1) is 24.5 Å². The molecule has 1 saturated heterocycles. The zero-order chi connectivity index (χ0) is 15.2. The third-order valence-corrected chi connectivity index (χ3v) is 3.90. The topological polar surface area (TPSA) is 67.6 Å². The van der Waals surface area contributed by atoms with Gasteiger partial charge in [0, 0.05) is 18.7 Å². The van der Waals surface area contributed by atoms with Crippen LogP contribution in [0.5, 0.6) is 0 Å². The fourth-order valence-electron chi connectivity index (χ4n) is 2.70. The number of hydrogen-bond donors (Lipinski definition) is 2. The summed E-state index contributed by atoms with van der Waals surface area (Å²) in [5.41, 5.74) is 6.91. The molecule has 1 unspecified atom stereocenters. The van der Waals surface area contributed by atoms with Crippen molar-refractivity contribution in [1.82, 2.24) is 4.90 Å². The summed E-state index contributed by atoms with van der Waals surface area (Å²) in [5, 5.41) is 3.38. The summed E-state index contributed by atoms with van der Waals surface area (Å²) in [6, 6.07) is 5.05. The Kier molecular flexibility index (Phi) is 5.85. The van der Waals surface area contributed by atoms with Gasteiger partial charge in [0.2, 0.25) is 5.91 Å². The number of amides is 1. The lowest BCUT2D eigenvalue weighted by Gasteiger charge is -2.31. The van der Waals surface area contributed by atoms with Gasteiger partial charge >= 0.3 is 0 Å². The minimum Gasteiger partial charge on any atom is -0.397 e. The Bertz CT molecular complexity index is 494. The van der Waals surface area contributed by atoms with Crippen LogP contribution in [0.15, 0.2) is 18.2 Å². The van der Waals surface area contributed by atoms with Crippen molar-refractivity contribution >= 4 is 28.9 Å². The minimum absolute atomic E-state index is 0.0676. The monoisotopic (exact) mass is 311 g/mol. The zero-order valence-corrected chi connectivity index (χ0v) is 13.0. The number of nitrogens with zero attached hydrogens (tertiary/aromatic N) is 1. The predicted molar refractivity (Wildman–Crippen MR) is 85.5 cm³/mol. The molecule has 5 nitrogen and oxygen atoms in total. The first kappa shape index (κ1) is 16.1. The van der Waals surface area contributed by atoms with Crippen LogP contribution in [-0.2, 0) is 9.53 Å². The van der Waals surface area contributed by atoms with Crippen LogP contribution in [-0.4, -0.2) is 44.2 Å². The molecule has 1 aliphatic rings. The quantitative estimate of drug-likeness (QED) is 0.818. The summed E-state index contributed by atoms with van der Waals surface area (Å²) in [6.45, 7) is 2.95. The molecular weight excluding hydrogens is 290 g/mol. The molecule has 1 fully saturated rings. The Labute approximate surface area is 130 Å². The highest BCUT2D eigenvalue weighted by Crippen LogP contribution is 2.23. The summed E-state index contributed by atoms with van der Waals surface area (Å²) in [5.74, 6) is 0.440. The van der Waals surface area contributed by atoms with Crippen molar-refractivity contribution in [3.05, 3.63) is 23.2 Å². The third kappa shape index (κ3) is 4.88. The van der Waals surface area contributed by atoms with Crippen LogP contribution in [0.1, 0.15) is 12.8 Å². The van der Waals surface area contributed by atoms with Crippen LogP contribution in [0.3, 0.4) is 0 Å². The van der Waals surface area contributed by atoms with E-state index in [2.05, 4.69) is 10.2 Å². The zero-order valence-electron chi connectivity index (χ0n) is 12.3. The fraction of sp³-hybridized carbons (Fsp3) is 0.533. The lowest BCUT2D eigenvalue weighted by atomic mass is 9.99. The summed E-state index contributed by atoms with van der Waals surface area (Å²) in [6.07, 6.45) is 2.26. The Morgan fingerprint density at radius 3 is 3.14 bits per heavy atom. The van der Waals surface area contributed by atoms with E-state index in [-0.39, 0.29) is 5.91 Å². The highest BCUT2D eigenvalue weighted by molar-refractivity contribution is 6.31. The largest absolute Gasteiger partial charge is 0.397 e. The SMILES string of the molecule is COCC1CCCN(CC(=O)Nc2cc(Cl)ccc2N)C1. The Balaban J connectivity index is 1.88. The standard InChI is InChI=1S/C15H22ClN3O2/c1-21-10-11-3-2-6-19(8-11)9-15(20)18-14-7-12(16)4-5-13(14)17/h4-5,7,11H,2-3,6,8-10,17H2,1H3,(H,18,20). The number of likely N-dealkylation sites (tertiary alicyclic amines) is 1. The van der Waals surface area contributed by atoms with Gasteiger partial charge in [-0.25, -0.2) is 0 Å². The van der Waals surface area contributed by atoms with E-state index in [9.17, 15) is 4.79 Å². The first-order chi connectivity index (χ1) is 10.1. The highest BCUT2D eigenvalue weighted by Gasteiger charge is 2.21. The molecule has 116 valence electrons. The molecule has 1 aliphatic heterocycles. The second-order valence-corrected chi connectivity index (χ2v) is 5.91. The maximum absolute atomic E-state index is 12.1. The van der Waals surface area contributed by atoms with Gasteiger partial charge < -0.3 is 15.8 Å². The number of hydrogen-bond acceptors (Lipinski definition) is 4. The van der Waals surface area contributed by atoms with E-state index in [0.717, 1.165) is 32.5 Å². The van der Waals surface area contributed by atoms with Crippen molar-refractivity contribution in [2.75, 3.05) is 44.4 Å². The predicted octanol–water partition coefficient (Wildman–Crippen LogP) is 2.22. The maximum atomic E-state index is 12.1. The first-order valence-corrected chi connectivity index (χ1v) is 7.52. The molecule has 0 saturated carbocycles. The van der Waals surface area contributed by atoms with Crippen LogP contribution >= 0.6 is 11.6 Å². The molecule has 1 aromatic rings. The van der Waals surface area contributed by atoms with E-state index in [1.807, 2.05) is 0 Å². The number of carbonyl (C=O) groups excluding carboxylic acids is 1. The fourth-order valence-corrected chi connectivity index (χ4v) is 2.87. The van der Waals surface area contributed by atoms with Crippen molar-refractivity contribution in [3.63, 3.8) is 0 Å². The van der Waals surface area contributed by atoms with E-state index in [4.69, 9.17) is 22.1 Å². The minimum atomic E-state index is -0.0676. The van der Waals surface area contributed by atoms with E-state index in [0.29, 0.717) is 28.9 Å². The van der Waals surface area contributed by atoms with E-state index in [1.165, 1.54) is 0 Å². The average molecular weight is 312 g/mol. The lowest BCUT2D eigenvalue weighted by Crippen LogP contribution is -2.41. The van der Waals surface area contributed by atoms with Crippen LogP contribution in [0.4, 0.5) is 11.4 Å². The molecule has 0 aliphatic carbocycles. The van der Waals surface area contributed by atoms with Gasteiger partial charge in [0.15, 0.2) is 0 Å². The number of ether oxygens (including phenoxy) is 1. The molecule has 6 heteroatoms. The number of nitrogens with one attached hydrogen (secondary N) is 1. The summed E-state index contributed by atoms with van der Waals surface area (Å²) < 4.78 is 5.20. The number of nitrogens with two attached hydrogens (primary N) is 1. The van der Waals surface area contributed by atoms with Gasteiger partial charge in [-0.3, -0.25) is 9.69 Å². The number of methoxy groups -OCH3 is 1. The third-order valence-electron chi connectivity index (χ3n) is 3.66. The second-order valence-electron chi connectivity index (χ2n) is 5.48. The smallest absolute Gasteiger partial charge is 0.238 e. The first-order valence-electron chi connectivity index (χ1n) is 7.14. The molecule has 3 N–H and O–H groups in total. The molecule has 1 heterocycles. The normalized spacial score (nSPS) is 19.4. The molecule has 1 aromatic carbocycles. The van der Waals surface area contributed by atoms with Gasteiger partial charge in [-0.15, -0.1) is 0 Å². The number of rotatable bonds is 5. The van der Waals surface area contributed by atoms with Crippen molar-refractivity contribution in [2.45, 2.75) is 12.8 Å². The van der Waals surface area contributed by atoms with Crippen molar-refractivity contribution in [2.24, 2.45) is 5.92 Å². The molecule has 1 atom stereocenters. The Hall–Kier alpha value is -1.30. The van der Waals surface area contributed by atoms with Crippen LogP contribution < -0.4 is 11.1 Å². The number of benzene rings is 1. The maximum Gasteiger partial charge on any atom is 0.238 e. The molecule has 0 spiro atoms. The van der Waals surface area contributed by atoms with Crippen LogP contribution in [0.25, 0.3) is 0 Å². The van der Waals surface area contributed by atoms with E-state index < -0.39 is 0 Å². The molecule has 21 heavy (non-hydrogen) atoms. The van der Waals surface area contributed by atoms with Gasteiger partial charge in [0.25, 0.3) is 0 Å². The van der Waals surface area contributed by atoms with Gasteiger partial charge in [-0.05, 0) is 43.5 Å². The average Bonchev–Trinajstić information content (AvgIpc) is 2.43. The van der Waals surface area contributed by atoms with Crippen molar-refractivity contribution < 1.29 is 9.53 Å². The Morgan fingerprint density at radius 1 is 1.57 bits per heavy atom.